The van der Waals surface area contributed by atoms with E-state index in [0.29, 0.717) is 0 Å². The number of hydrogen-bond donors (Lipinski definition) is 0. The molecule has 0 aliphatic carbocycles. The molecule has 0 radical (unpaired) electrons. The van der Waals surface area contributed by atoms with E-state index in [-0.39, 0.29) is 5.28 Å². The molecule has 0 fully saturated rings. The van der Waals surface area contributed by atoms with Crippen molar-refractivity contribution in [1.82, 2.24) is 9.97 Å². The molecule has 1 heterocycles. The van der Waals surface area contributed by atoms with Crippen LogP contribution < -0.4 is 0 Å². The minimum absolute atomic E-state index is 0.248. The maximum atomic E-state index is 6.31. The number of fused-ring (bicyclic) bond motifs is 1. The lowest BCUT2D eigenvalue weighted by Gasteiger charge is -2.09. The van der Waals surface area contributed by atoms with Crippen molar-refractivity contribution in [2.75, 3.05) is 0 Å². The van der Waals surface area contributed by atoms with Crippen LogP contribution in [0, 0.1) is 0 Å². The largest absolute Gasteiger partial charge is 0.223 e. The molecule has 0 bridgehead atoms. The van der Waals surface area contributed by atoms with Crippen LogP contribution in [0.15, 0.2) is 103 Å². The summed E-state index contributed by atoms with van der Waals surface area (Å²) in [6, 6.07) is 35.2. The molecule has 0 N–H and O–H groups in total. The van der Waals surface area contributed by atoms with Crippen LogP contribution in [0.1, 0.15) is 0 Å². The minimum atomic E-state index is 0.248. The van der Waals surface area contributed by atoms with Gasteiger partial charge in [-0.3, -0.25) is 0 Å². The van der Waals surface area contributed by atoms with Crippen molar-refractivity contribution in [2.24, 2.45) is 0 Å². The zero-order valence-electron chi connectivity index (χ0n) is 15.6. The number of rotatable bonds is 3. The summed E-state index contributed by atoms with van der Waals surface area (Å²) in [6.45, 7) is 0. The van der Waals surface area contributed by atoms with Crippen LogP contribution in [-0.2, 0) is 0 Å². The van der Waals surface area contributed by atoms with E-state index < -0.39 is 0 Å². The van der Waals surface area contributed by atoms with Gasteiger partial charge in [0.25, 0.3) is 0 Å². The quantitative estimate of drug-likeness (QED) is 0.301. The smallest absolute Gasteiger partial charge is 0.218 e. The first kappa shape index (κ1) is 17.6. The van der Waals surface area contributed by atoms with Crippen LogP contribution in [0.2, 0.25) is 5.28 Å². The van der Waals surface area contributed by atoms with Crippen molar-refractivity contribution < 1.29 is 0 Å². The average Bonchev–Trinajstić information content (AvgIpc) is 2.79. The molecule has 0 saturated heterocycles. The number of hydrogen-bond acceptors (Lipinski definition) is 2. The Labute approximate surface area is 174 Å². The highest BCUT2D eigenvalue weighted by atomic mass is 35.5. The van der Waals surface area contributed by atoms with E-state index in [2.05, 4.69) is 70.6 Å². The Kier molecular flexibility index (Phi) is 4.55. The molecular formula is C26H17ClN2. The highest BCUT2D eigenvalue weighted by Gasteiger charge is 2.10. The second-order valence-corrected chi connectivity index (χ2v) is 7.22. The Morgan fingerprint density at radius 2 is 1.14 bits per heavy atom. The Bertz CT molecular complexity index is 1290. The lowest BCUT2D eigenvalue weighted by atomic mass is 10.00. The maximum Gasteiger partial charge on any atom is 0.223 e. The van der Waals surface area contributed by atoms with Crippen molar-refractivity contribution in [1.29, 1.82) is 0 Å². The van der Waals surface area contributed by atoms with Gasteiger partial charge in [0, 0.05) is 11.1 Å². The van der Waals surface area contributed by atoms with Gasteiger partial charge in [0.2, 0.25) is 5.28 Å². The molecule has 5 rings (SSSR count). The molecule has 138 valence electrons. The Morgan fingerprint density at radius 3 is 1.97 bits per heavy atom. The van der Waals surface area contributed by atoms with E-state index in [9.17, 15) is 0 Å². The van der Waals surface area contributed by atoms with Gasteiger partial charge in [0.05, 0.1) is 11.4 Å². The Hall–Kier alpha value is -3.49. The number of aromatic nitrogens is 2. The molecule has 0 spiro atoms. The molecule has 0 unspecified atom stereocenters. The zero-order valence-corrected chi connectivity index (χ0v) is 16.3. The number of halogens is 1. The minimum Gasteiger partial charge on any atom is -0.218 e. The second-order valence-electron chi connectivity index (χ2n) is 6.88. The molecule has 1 aromatic heterocycles. The van der Waals surface area contributed by atoms with Crippen LogP contribution in [0.25, 0.3) is 44.4 Å². The van der Waals surface area contributed by atoms with Crippen molar-refractivity contribution >= 4 is 22.4 Å². The van der Waals surface area contributed by atoms with E-state index in [0.717, 1.165) is 27.9 Å². The fraction of sp³-hybridized carbons (Fsp3) is 0. The third-order valence-corrected chi connectivity index (χ3v) is 5.22. The molecule has 0 aliphatic heterocycles. The van der Waals surface area contributed by atoms with E-state index in [1.54, 1.807) is 0 Å². The van der Waals surface area contributed by atoms with Gasteiger partial charge >= 0.3 is 0 Å². The average molecular weight is 393 g/mol. The summed E-state index contributed by atoms with van der Waals surface area (Å²) in [5.41, 5.74) is 6.06. The van der Waals surface area contributed by atoms with Crippen LogP contribution in [-0.4, -0.2) is 9.97 Å². The topological polar surface area (TPSA) is 25.8 Å². The fourth-order valence-electron chi connectivity index (χ4n) is 3.62. The summed E-state index contributed by atoms with van der Waals surface area (Å²) in [5.74, 6) is 0. The van der Waals surface area contributed by atoms with Gasteiger partial charge in [-0.2, -0.15) is 0 Å². The van der Waals surface area contributed by atoms with Crippen molar-refractivity contribution in [2.45, 2.75) is 0 Å². The van der Waals surface area contributed by atoms with Crippen molar-refractivity contribution in [3.63, 3.8) is 0 Å². The van der Waals surface area contributed by atoms with Gasteiger partial charge in [-0.25, -0.2) is 9.97 Å². The molecule has 3 heteroatoms. The molecule has 0 aliphatic rings. The van der Waals surface area contributed by atoms with E-state index in [4.69, 9.17) is 11.6 Å². The highest BCUT2D eigenvalue weighted by Crippen LogP contribution is 2.31. The maximum absolute atomic E-state index is 6.31. The molecule has 0 amide bonds. The molecular weight excluding hydrogens is 376 g/mol. The van der Waals surface area contributed by atoms with E-state index >= 15 is 0 Å². The Balaban J connectivity index is 1.58. The first-order valence-corrected chi connectivity index (χ1v) is 9.84. The van der Waals surface area contributed by atoms with Gasteiger partial charge in [-0.15, -0.1) is 0 Å². The summed E-state index contributed by atoms with van der Waals surface area (Å²) in [4.78, 5) is 8.97. The summed E-state index contributed by atoms with van der Waals surface area (Å²) in [5, 5.41) is 2.57. The number of nitrogens with zero attached hydrogens (tertiary/aromatic N) is 2. The summed E-state index contributed by atoms with van der Waals surface area (Å²) < 4.78 is 0. The molecule has 2 nitrogen and oxygen atoms in total. The second kappa shape index (κ2) is 7.50. The monoisotopic (exact) mass is 392 g/mol. The normalized spacial score (nSPS) is 10.9. The SMILES string of the molecule is Clc1nc(-c2ccc(-c3ccccc3)cc2)cc(-c2cccc3ccccc23)n1. The molecule has 29 heavy (non-hydrogen) atoms. The van der Waals surface area contributed by atoms with E-state index in [1.807, 2.05) is 42.5 Å². The molecule has 4 aromatic carbocycles. The standard InChI is InChI=1S/C26H17ClN2/c27-26-28-24(21-15-13-19(14-16-21)18-7-2-1-3-8-18)17-25(29-26)23-12-6-10-20-9-4-5-11-22(20)23/h1-17H. The summed E-state index contributed by atoms with van der Waals surface area (Å²) in [6.07, 6.45) is 0. The molecule has 0 saturated carbocycles. The van der Waals surface area contributed by atoms with Gasteiger partial charge < -0.3 is 0 Å². The van der Waals surface area contributed by atoms with E-state index in [1.165, 1.54) is 16.5 Å². The highest BCUT2D eigenvalue weighted by molar-refractivity contribution is 6.28. The predicted octanol–water partition coefficient (Wildman–Crippen LogP) is 7.28. The Morgan fingerprint density at radius 1 is 0.517 bits per heavy atom. The number of benzene rings is 4. The fourth-order valence-corrected chi connectivity index (χ4v) is 3.80. The van der Waals surface area contributed by atoms with Gasteiger partial charge in [-0.1, -0.05) is 97.1 Å². The van der Waals surface area contributed by atoms with Crippen LogP contribution >= 0.6 is 11.6 Å². The molecule has 5 aromatic rings. The third-order valence-electron chi connectivity index (χ3n) is 5.05. The summed E-state index contributed by atoms with van der Waals surface area (Å²) >= 11 is 6.31. The summed E-state index contributed by atoms with van der Waals surface area (Å²) in [7, 11) is 0. The predicted molar refractivity (Wildman–Crippen MR) is 121 cm³/mol. The lowest BCUT2D eigenvalue weighted by molar-refractivity contribution is 1.18. The van der Waals surface area contributed by atoms with Crippen molar-refractivity contribution in [3.05, 3.63) is 108 Å². The third kappa shape index (κ3) is 3.51. The first-order valence-electron chi connectivity index (χ1n) is 9.46. The van der Waals surface area contributed by atoms with Gasteiger partial charge in [0.1, 0.15) is 0 Å². The van der Waals surface area contributed by atoms with Crippen LogP contribution in [0.3, 0.4) is 0 Å². The molecule has 0 atom stereocenters. The van der Waals surface area contributed by atoms with Gasteiger partial charge in [0.15, 0.2) is 0 Å². The van der Waals surface area contributed by atoms with Crippen molar-refractivity contribution in [3.8, 4) is 33.6 Å². The first-order chi connectivity index (χ1) is 14.3. The lowest BCUT2D eigenvalue weighted by Crippen LogP contribution is -1.92. The van der Waals surface area contributed by atoms with Crippen LogP contribution in [0.4, 0.5) is 0 Å². The van der Waals surface area contributed by atoms with Crippen LogP contribution in [0.5, 0.6) is 0 Å². The zero-order chi connectivity index (χ0) is 19.6. The van der Waals surface area contributed by atoms with Gasteiger partial charge in [-0.05, 0) is 39.6 Å².